The maximum absolute atomic E-state index is 3.81. The monoisotopic (exact) mass is 386 g/mol. The van der Waals surface area contributed by atoms with Gasteiger partial charge in [-0.2, -0.15) is 0 Å². The lowest BCUT2D eigenvalue weighted by Crippen LogP contribution is -2.62. The third kappa shape index (κ3) is 2.72. The van der Waals surface area contributed by atoms with Crippen molar-refractivity contribution in [3.05, 3.63) is 27.1 Å². The van der Waals surface area contributed by atoms with Gasteiger partial charge in [0.1, 0.15) is 0 Å². The van der Waals surface area contributed by atoms with E-state index in [1.807, 2.05) is 0 Å². The van der Waals surface area contributed by atoms with Gasteiger partial charge in [-0.3, -0.25) is 0 Å². The quantitative estimate of drug-likeness (QED) is 0.771. The van der Waals surface area contributed by atoms with E-state index in [1.54, 1.807) is 0 Å². The summed E-state index contributed by atoms with van der Waals surface area (Å²) in [6.45, 7) is 4.53. The lowest BCUT2D eigenvalue weighted by molar-refractivity contribution is 0.276. The van der Waals surface area contributed by atoms with Gasteiger partial charge in [-0.05, 0) is 53.9 Å². The largest absolute Gasteiger partial charge is 0.365 e. The molecule has 19 heavy (non-hydrogen) atoms. The fraction of sp³-hybridized carbons (Fsp3) is 0.600. The molecule has 1 unspecified atom stereocenters. The molecule has 4 heteroatoms. The van der Waals surface area contributed by atoms with Crippen LogP contribution in [0.15, 0.2) is 27.1 Å². The summed E-state index contributed by atoms with van der Waals surface area (Å²) in [6, 6.07) is 7.05. The van der Waals surface area contributed by atoms with E-state index in [0.717, 1.165) is 17.6 Å². The number of rotatable bonds is 1. The van der Waals surface area contributed by atoms with Crippen LogP contribution in [0.25, 0.3) is 0 Å². The van der Waals surface area contributed by atoms with Crippen LogP contribution < -0.4 is 10.2 Å². The first-order chi connectivity index (χ1) is 9.10. The zero-order valence-electron chi connectivity index (χ0n) is 11.3. The Morgan fingerprint density at radius 1 is 1.26 bits per heavy atom. The van der Waals surface area contributed by atoms with E-state index in [0.29, 0.717) is 11.6 Å². The number of halogens is 2. The maximum Gasteiger partial charge on any atom is 0.0514 e. The van der Waals surface area contributed by atoms with E-state index in [-0.39, 0.29) is 0 Å². The molecule has 1 N–H and O–H groups in total. The Bertz CT molecular complexity index is 469. The van der Waals surface area contributed by atoms with Gasteiger partial charge >= 0.3 is 0 Å². The van der Waals surface area contributed by atoms with Crippen molar-refractivity contribution in [3.63, 3.8) is 0 Å². The Kier molecular flexibility index (Phi) is 3.93. The highest BCUT2D eigenvalue weighted by molar-refractivity contribution is 9.11. The Morgan fingerprint density at radius 3 is 2.68 bits per heavy atom. The molecule has 1 atom stereocenters. The van der Waals surface area contributed by atoms with Crippen LogP contribution in [-0.4, -0.2) is 24.7 Å². The summed E-state index contributed by atoms with van der Waals surface area (Å²) in [5.74, 6) is 0. The van der Waals surface area contributed by atoms with Crippen LogP contribution in [0, 0.1) is 0 Å². The van der Waals surface area contributed by atoms with Gasteiger partial charge in [0.15, 0.2) is 0 Å². The van der Waals surface area contributed by atoms with Crippen molar-refractivity contribution in [2.75, 3.05) is 18.0 Å². The van der Waals surface area contributed by atoms with Crippen LogP contribution >= 0.6 is 31.9 Å². The molecular formula is C15H20Br2N2. The highest BCUT2D eigenvalue weighted by Crippen LogP contribution is 2.37. The number of piperazine rings is 1. The molecule has 2 nitrogen and oxygen atoms in total. The van der Waals surface area contributed by atoms with Crippen molar-refractivity contribution in [2.45, 2.75) is 44.2 Å². The highest BCUT2D eigenvalue weighted by Gasteiger charge is 2.40. The van der Waals surface area contributed by atoms with Crippen LogP contribution in [0.4, 0.5) is 5.69 Å². The Hall–Kier alpha value is -0.0600. The SMILES string of the molecule is CC1CNC2(CCCC2)CN1c1ccc(Br)cc1Br. The summed E-state index contributed by atoms with van der Waals surface area (Å²) in [4.78, 5) is 2.57. The Balaban J connectivity index is 1.89. The maximum atomic E-state index is 3.81. The smallest absolute Gasteiger partial charge is 0.0514 e. The van der Waals surface area contributed by atoms with Crippen molar-refractivity contribution in [2.24, 2.45) is 0 Å². The summed E-state index contributed by atoms with van der Waals surface area (Å²) in [6.07, 6.45) is 5.39. The molecule has 2 fully saturated rings. The minimum Gasteiger partial charge on any atom is -0.365 e. The standard InChI is InChI=1S/C15H20Br2N2/c1-11-9-18-15(6-2-3-7-15)10-19(11)14-5-4-12(16)8-13(14)17/h4-5,8,11,18H,2-3,6-7,9-10H2,1H3. The van der Waals surface area contributed by atoms with E-state index in [1.165, 1.54) is 35.8 Å². The van der Waals surface area contributed by atoms with Gasteiger partial charge in [-0.1, -0.05) is 28.8 Å². The molecule has 1 saturated carbocycles. The first kappa shape index (κ1) is 13.9. The first-order valence-corrected chi connectivity index (χ1v) is 8.65. The van der Waals surface area contributed by atoms with Gasteiger partial charge in [0.25, 0.3) is 0 Å². The minimum absolute atomic E-state index is 0.360. The molecule has 3 rings (SSSR count). The normalized spacial score (nSPS) is 26.1. The number of nitrogens with one attached hydrogen (secondary N) is 1. The number of hydrogen-bond donors (Lipinski definition) is 1. The van der Waals surface area contributed by atoms with Gasteiger partial charge in [-0.15, -0.1) is 0 Å². The van der Waals surface area contributed by atoms with E-state index in [4.69, 9.17) is 0 Å². The van der Waals surface area contributed by atoms with Crippen molar-refractivity contribution in [1.29, 1.82) is 0 Å². The molecule has 1 aliphatic carbocycles. The van der Waals surface area contributed by atoms with Crippen LogP contribution in [0.3, 0.4) is 0 Å². The predicted molar refractivity (Wildman–Crippen MR) is 87.9 cm³/mol. The molecule has 0 radical (unpaired) electrons. The van der Waals surface area contributed by atoms with Crippen LogP contribution in [0.5, 0.6) is 0 Å². The van der Waals surface area contributed by atoms with Gasteiger partial charge in [0, 0.05) is 33.6 Å². The molecule has 1 aromatic rings. The molecule has 0 bridgehead atoms. The molecule has 0 aromatic heterocycles. The highest BCUT2D eigenvalue weighted by atomic mass is 79.9. The molecule has 1 aromatic carbocycles. The molecule has 1 saturated heterocycles. The molecule has 104 valence electrons. The van der Waals surface area contributed by atoms with Crippen molar-refractivity contribution in [3.8, 4) is 0 Å². The second-order valence-electron chi connectivity index (χ2n) is 5.94. The van der Waals surface area contributed by atoms with Crippen LogP contribution in [0.2, 0.25) is 0 Å². The number of benzene rings is 1. The summed E-state index contributed by atoms with van der Waals surface area (Å²) in [7, 11) is 0. The Labute approximate surface area is 132 Å². The van der Waals surface area contributed by atoms with Crippen molar-refractivity contribution < 1.29 is 0 Å². The number of nitrogens with zero attached hydrogens (tertiary/aromatic N) is 1. The third-order valence-corrected chi connectivity index (χ3v) is 5.69. The summed E-state index contributed by atoms with van der Waals surface area (Å²) < 4.78 is 2.31. The molecule has 2 aliphatic rings. The fourth-order valence-electron chi connectivity index (χ4n) is 3.44. The summed E-state index contributed by atoms with van der Waals surface area (Å²) in [5, 5.41) is 3.81. The second kappa shape index (κ2) is 5.38. The minimum atomic E-state index is 0.360. The topological polar surface area (TPSA) is 15.3 Å². The van der Waals surface area contributed by atoms with Crippen molar-refractivity contribution in [1.82, 2.24) is 5.32 Å². The molecule has 0 amide bonds. The van der Waals surface area contributed by atoms with Crippen LogP contribution in [0.1, 0.15) is 32.6 Å². The van der Waals surface area contributed by atoms with E-state index in [9.17, 15) is 0 Å². The summed E-state index contributed by atoms with van der Waals surface area (Å²) >= 11 is 7.25. The van der Waals surface area contributed by atoms with Crippen molar-refractivity contribution >= 4 is 37.5 Å². The van der Waals surface area contributed by atoms with Crippen LogP contribution in [-0.2, 0) is 0 Å². The molecular weight excluding hydrogens is 368 g/mol. The Morgan fingerprint density at radius 2 is 2.00 bits per heavy atom. The molecule has 1 heterocycles. The van der Waals surface area contributed by atoms with Gasteiger partial charge < -0.3 is 10.2 Å². The predicted octanol–water partition coefficient (Wildman–Crippen LogP) is 4.32. The fourth-order valence-corrected chi connectivity index (χ4v) is 4.71. The number of anilines is 1. The van der Waals surface area contributed by atoms with E-state index in [2.05, 4.69) is 67.2 Å². The molecule has 1 aliphatic heterocycles. The lowest BCUT2D eigenvalue weighted by Gasteiger charge is -2.46. The summed E-state index contributed by atoms with van der Waals surface area (Å²) in [5.41, 5.74) is 1.68. The number of hydrogen-bond acceptors (Lipinski definition) is 2. The van der Waals surface area contributed by atoms with Gasteiger partial charge in [0.05, 0.1) is 5.69 Å². The average molecular weight is 388 g/mol. The zero-order chi connectivity index (χ0) is 13.5. The zero-order valence-corrected chi connectivity index (χ0v) is 14.4. The van der Waals surface area contributed by atoms with E-state index < -0.39 is 0 Å². The van der Waals surface area contributed by atoms with Gasteiger partial charge in [-0.25, -0.2) is 0 Å². The first-order valence-electron chi connectivity index (χ1n) is 7.06. The average Bonchev–Trinajstić information content (AvgIpc) is 2.82. The van der Waals surface area contributed by atoms with E-state index >= 15 is 0 Å². The third-order valence-electron chi connectivity index (χ3n) is 4.56. The van der Waals surface area contributed by atoms with Gasteiger partial charge in [0.2, 0.25) is 0 Å². The lowest BCUT2D eigenvalue weighted by atomic mass is 9.92. The second-order valence-corrected chi connectivity index (χ2v) is 7.71. The molecule has 1 spiro atoms.